The standard InChI is InChI=1S/C14H27N3O2.HI/c1-2-15-13(17-11-14(18)6-3-7-14)16-10-12-4-8-19-9-5-12;/h12,18H,2-11H2,1H3,(H2,15,16,17);1H. The van der Waals surface area contributed by atoms with E-state index in [-0.39, 0.29) is 24.0 Å². The molecule has 0 radical (unpaired) electrons. The maximum Gasteiger partial charge on any atom is 0.191 e. The van der Waals surface area contributed by atoms with Crippen molar-refractivity contribution in [2.24, 2.45) is 10.9 Å². The average molecular weight is 397 g/mol. The fourth-order valence-corrected chi connectivity index (χ4v) is 2.50. The van der Waals surface area contributed by atoms with E-state index in [1.807, 2.05) is 0 Å². The number of hydrogen-bond donors (Lipinski definition) is 3. The number of halogens is 1. The van der Waals surface area contributed by atoms with Gasteiger partial charge < -0.3 is 20.5 Å². The van der Waals surface area contributed by atoms with Crippen LogP contribution in [0.2, 0.25) is 0 Å². The lowest BCUT2D eigenvalue weighted by Crippen LogP contribution is -2.44. The average Bonchev–Trinajstić information content (AvgIpc) is 2.41. The van der Waals surface area contributed by atoms with E-state index in [1.165, 1.54) is 0 Å². The molecule has 2 aliphatic rings. The maximum absolute atomic E-state index is 10.1. The van der Waals surface area contributed by atoms with E-state index in [4.69, 9.17) is 4.74 Å². The van der Waals surface area contributed by atoms with Crippen molar-refractivity contribution in [3.8, 4) is 0 Å². The third kappa shape index (κ3) is 5.73. The highest BCUT2D eigenvalue weighted by molar-refractivity contribution is 14.0. The molecule has 0 bridgehead atoms. The number of aliphatic hydroxyl groups is 1. The van der Waals surface area contributed by atoms with Crippen LogP contribution in [0, 0.1) is 5.92 Å². The molecule has 1 aliphatic heterocycles. The molecular formula is C14H28IN3O2. The van der Waals surface area contributed by atoms with Crippen LogP contribution in [0.1, 0.15) is 39.0 Å². The topological polar surface area (TPSA) is 65.9 Å². The molecule has 5 nitrogen and oxygen atoms in total. The van der Waals surface area contributed by atoms with Gasteiger partial charge in [0.2, 0.25) is 0 Å². The molecule has 1 heterocycles. The fraction of sp³-hybridized carbons (Fsp3) is 0.929. The van der Waals surface area contributed by atoms with Crippen molar-refractivity contribution in [2.75, 3.05) is 32.8 Å². The Kier molecular flexibility index (Phi) is 8.13. The van der Waals surface area contributed by atoms with Crippen LogP contribution < -0.4 is 10.6 Å². The molecule has 0 atom stereocenters. The molecule has 2 fully saturated rings. The lowest BCUT2D eigenvalue weighted by molar-refractivity contribution is -0.0236. The minimum absolute atomic E-state index is 0. The summed E-state index contributed by atoms with van der Waals surface area (Å²) in [5.74, 6) is 1.50. The highest BCUT2D eigenvalue weighted by atomic mass is 127. The Labute approximate surface area is 139 Å². The summed E-state index contributed by atoms with van der Waals surface area (Å²) in [6.07, 6.45) is 5.14. The molecule has 6 heteroatoms. The van der Waals surface area contributed by atoms with Crippen molar-refractivity contribution < 1.29 is 9.84 Å². The van der Waals surface area contributed by atoms with Gasteiger partial charge >= 0.3 is 0 Å². The van der Waals surface area contributed by atoms with E-state index in [2.05, 4.69) is 22.5 Å². The molecule has 0 aromatic rings. The summed E-state index contributed by atoms with van der Waals surface area (Å²) in [5.41, 5.74) is -0.541. The minimum Gasteiger partial charge on any atom is -0.388 e. The van der Waals surface area contributed by atoms with E-state index >= 15 is 0 Å². The summed E-state index contributed by atoms with van der Waals surface area (Å²) < 4.78 is 5.36. The lowest BCUT2D eigenvalue weighted by Gasteiger charge is -2.35. The van der Waals surface area contributed by atoms with E-state index in [1.54, 1.807) is 0 Å². The van der Waals surface area contributed by atoms with Gasteiger partial charge in [0, 0.05) is 26.3 Å². The van der Waals surface area contributed by atoms with Crippen molar-refractivity contribution >= 4 is 29.9 Å². The quantitative estimate of drug-likeness (QED) is 0.374. The molecule has 0 aromatic carbocycles. The SMILES string of the molecule is CCNC(=NCC1(O)CCC1)NCC1CCOCC1.I. The van der Waals surface area contributed by atoms with E-state index < -0.39 is 5.60 Å². The zero-order valence-electron chi connectivity index (χ0n) is 12.4. The molecule has 0 aromatic heterocycles. The predicted molar refractivity (Wildman–Crippen MR) is 91.7 cm³/mol. The molecule has 1 saturated carbocycles. The van der Waals surface area contributed by atoms with Gasteiger partial charge in [0.25, 0.3) is 0 Å². The second-order valence-corrected chi connectivity index (χ2v) is 5.71. The van der Waals surface area contributed by atoms with Crippen LogP contribution in [0.25, 0.3) is 0 Å². The Balaban J connectivity index is 0.00000200. The third-order valence-corrected chi connectivity index (χ3v) is 4.06. The molecule has 2 rings (SSSR count). The van der Waals surface area contributed by atoms with Gasteiger partial charge in [-0.25, -0.2) is 0 Å². The number of hydrogen-bond acceptors (Lipinski definition) is 3. The highest BCUT2D eigenvalue weighted by Gasteiger charge is 2.34. The normalized spacial score (nSPS) is 22.6. The van der Waals surface area contributed by atoms with Crippen LogP contribution in [-0.2, 0) is 4.74 Å². The first-order valence-corrected chi connectivity index (χ1v) is 7.54. The van der Waals surface area contributed by atoms with Crippen LogP contribution in [0.5, 0.6) is 0 Å². The first-order chi connectivity index (χ1) is 9.22. The number of aliphatic imine (C=N–C) groups is 1. The van der Waals surface area contributed by atoms with Crippen molar-refractivity contribution in [3.63, 3.8) is 0 Å². The Bertz CT molecular complexity index is 303. The molecule has 3 N–H and O–H groups in total. The number of guanidine groups is 1. The maximum atomic E-state index is 10.1. The molecule has 1 aliphatic carbocycles. The second kappa shape index (κ2) is 9.04. The molecular weight excluding hydrogens is 369 g/mol. The summed E-state index contributed by atoms with van der Waals surface area (Å²) in [4.78, 5) is 4.50. The predicted octanol–water partition coefficient (Wildman–Crippen LogP) is 1.50. The number of nitrogens with zero attached hydrogens (tertiary/aromatic N) is 1. The fourth-order valence-electron chi connectivity index (χ4n) is 2.50. The first-order valence-electron chi connectivity index (χ1n) is 7.54. The van der Waals surface area contributed by atoms with Crippen molar-refractivity contribution in [2.45, 2.75) is 44.6 Å². The van der Waals surface area contributed by atoms with Gasteiger partial charge in [-0.1, -0.05) is 0 Å². The Morgan fingerprint density at radius 1 is 1.30 bits per heavy atom. The summed E-state index contributed by atoms with van der Waals surface area (Å²) in [7, 11) is 0. The van der Waals surface area contributed by atoms with Gasteiger partial charge in [-0.3, -0.25) is 4.99 Å². The van der Waals surface area contributed by atoms with Crippen LogP contribution in [-0.4, -0.2) is 49.5 Å². The van der Waals surface area contributed by atoms with Gasteiger partial charge in [-0.2, -0.15) is 0 Å². The molecule has 0 spiro atoms. The largest absolute Gasteiger partial charge is 0.388 e. The van der Waals surface area contributed by atoms with Crippen molar-refractivity contribution in [3.05, 3.63) is 0 Å². The van der Waals surface area contributed by atoms with Gasteiger partial charge in [0.15, 0.2) is 5.96 Å². The van der Waals surface area contributed by atoms with Gasteiger partial charge in [-0.15, -0.1) is 24.0 Å². The van der Waals surface area contributed by atoms with Crippen LogP contribution in [0.15, 0.2) is 4.99 Å². The number of nitrogens with one attached hydrogen (secondary N) is 2. The van der Waals surface area contributed by atoms with Crippen LogP contribution >= 0.6 is 24.0 Å². The van der Waals surface area contributed by atoms with E-state index in [0.29, 0.717) is 12.5 Å². The third-order valence-electron chi connectivity index (χ3n) is 4.06. The summed E-state index contributed by atoms with van der Waals surface area (Å²) >= 11 is 0. The summed E-state index contributed by atoms with van der Waals surface area (Å²) in [5, 5.41) is 16.7. The molecule has 0 amide bonds. The first kappa shape index (κ1) is 18.0. The summed E-state index contributed by atoms with van der Waals surface area (Å²) in [6, 6.07) is 0. The Morgan fingerprint density at radius 3 is 2.55 bits per heavy atom. The molecule has 0 unspecified atom stereocenters. The lowest BCUT2D eigenvalue weighted by atomic mass is 9.80. The molecule has 118 valence electrons. The van der Waals surface area contributed by atoms with Gasteiger partial charge in [0.1, 0.15) is 0 Å². The van der Waals surface area contributed by atoms with Crippen molar-refractivity contribution in [1.29, 1.82) is 0 Å². The number of rotatable bonds is 5. The monoisotopic (exact) mass is 397 g/mol. The minimum atomic E-state index is -0.541. The van der Waals surface area contributed by atoms with Gasteiger partial charge in [0.05, 0.1) is 12.1 Å². The highest BCUT2D eigenvalue weighted by Crippen LogP contribution is 2.31. The zero-order chi connectivity index (χ0) is 13.6. The van der Waals surface area contributed by atoms with Gasteiger partial charge in [-0.05, 0) is 44.9 Å². The van der Waals surface area contributed by atoms with Crippen LogP contribution in [0.3, 0.4) is 0 Å². The Hall–Kier alpha value is -0.0800. The molecule has 20 heavy (non-hydrogen) atoms. The summed E-state index contributed by atoms with van der Waals surface area (Å²) in [6.45, 7) is 6.10. The van der Waals surface area contributed by atoms with E-state index in [0.717, 1.165) is 64.4 Å². The smallest absolute Gasteiger partial charge is 0.191 e. The second-order valence-electron chi connectivity index (χ2n) is 5.71. The Morgan fingerprint density at radius 2 is 2.00 bits per heavy atom. The van der Waals surface area contributed by atoms with Crippen molar-refractivity contribution in [1.82, 2.24) is 10.6 Å². The zero-order valence-corrected chi connectivity index (χ0v) is 14.7. The van der Waals surface area contributed by atoms with Crippen LogP contribution in [0.4, 0.5) is 0 Å². The van der Waals surface area contributed by atoms with E-state index in [9.17, 15) is 5.11 Å². The number of ether oxygens (including phenoxy) is 1. The molecule has 1 saturated heterocycles.